The monoisotopic (exact) mass is 453 g/mol. The molecule has 0 aliphatic rings. The highest BCUT2D eigenvalue weighted by atomic mass is 16.4. The van der Waals surface area contributed by atoms with E-state index in [4.69, 9.17) is 10.8 Å². The van der Waals surface area contributed by atoms with E-state index in [1.165, 1.54) is 0 Å². The molecule has 6 N–H and O–H groups in total. The fourth-order valence-electron chi connectivity index (χ4n) is 3.30. The quantitative estimate of drug-likeness (QED) is 0.318. The van der Waals surface area contributed by atoms with Crippen LogP contribution in [0.5, 0.6) is 0 Å². The molecule has 0 aliphatic heterocycles. The van der Waals surface area contributed by atoms with Gasteiger partial charge < -0.3 is 26.2 Å². The maximum Gasteiger partial charge on any atom is 0.326 e. The van der Waals surface area contributed by atoms with Crippen LogP contribution in [-0.2, 0) is 16.1 Å². The topological polar surface area (TPSA) is 179 Å². The van der Waals surface area contributed by atoms with Gasteiger partial charge in [-0.25, -0.2) is 9.78 Å². The average molecular weight is 453 g/mol. The fourth-order valence-corrected chi connectivity index (χ4v) is 3.30. The zero-order valence-electron chi connectivity index (χ0n) is 17.7. The second-order valence-corrected chi connectivity index (χ2v) is 7.50. The molecule has 172 valence electrons. The Kier molecular flexibility index (Phi) is 6.91. The van der Waals surface area contributed by atoms with Crippen molar-refractivity contribution in [3.63, 3.8) is 0 Å². The van der Waals surface area contributed by atoms with E-state index in [-0.39, 0.29) is 29.9 Å². The Morgan fingerprint density at radius 3 is 2.48 bits per heavy atom. The van der Waals surface area contributed by atoms with Gasteiger partial charge in [0.15, 0.2) is 0 Å². The molecule has 1 aromatic heterocycles. The van der Waals surface area contributed by atoms with Crippen molar-refractivity contribution in [2.24, 2.45) is 0 Å². The Morgan fingerprint density at radius 2 is 1.85 bits per heavy atom. The number of nitrogens with zero attached hydrogens (tertiary/aromatic N) is 2. The number of nitrogens with one attached hydrogen (secondary N) is 2. The molecule has 3 aromatic rings. The van der Waals surface area contributed by atoms with Crippen LogP contribution in [0.4, 0.5) is 11.6 Å². The molecule has 0 aliphatic carbocycles. The second kappa shape index (κ2) is 9.81. The molecule has 11 nitrogen and oxygen atoms in total. The number of H-pyrrole nitrogens is 1. The van der Waals surface area contributed by atoms with Crippen molar-refractivity contribution in [1.82, 2.24) is 15.3 Å². The molecule has 1 heterocycles. The Morgan fingerprint density at radius 1 is 1.15 bits per heavy atom. The number of aromatic amines is 1. The number of carboxylic acid groups (broad SMARTS) is 2. The number of hydrogen-bond acceptors (Lipinski definition) is 7. The molecule has 2 aromatic carbocycles. The van der Waals surface area contributed by atoms with Crippen LogP contribution in [0, 0.1) is 0 Å². The number of carbonyl (C=O) groups excluding carboxylic acids is 1. The smallest absolute Gasteiger partial charge is 0.326 e. The molecule has 1 atom stereocenters. The summed E-state index contributed by atoms with van der Waals surface area (Å²) < 4.78 is 0. The molecule has 33 heavy (non-hydrogen) atoms. The first kappa shape index (κ1) is 23.3. The molecule has 1 unspecified atom stereocenters. The molecular weight excluding hydrogens is 430 g/mol. The van der Waals surface area contributed by atoms with Crippen LogP contribution in [-0.4, -0.2) is 51.1 Å². The van der Waals surface area contributed by atoms with E-state index in [1.807, 2.05) is 18.0 Å². The molecular formula is C22H23N5O6. The average Bonchev–Trinajstić information content (AvgIpc) is 2.76. The summed E-state index contributed by atoms with van der Waals surface area (Å²) in [6.07, 6.45) is -0.584. The highest BCUT2D eigenvalue weighted by Gasteiger charge is 2.21. The van der Waals surface area contributed by atoms with Gasteiger partial charge in [0.1, 0.15) is 6.04 Å². The zero-order chi connectivity index (χ0) is 24.1. The van der Waals surface area contributed by atoms with Gasteiger partial charge in [0.25, 0.3) is 11.5 Å². The molecule has 0 bridgehead atoms. The molecule has 3 rings (SSSR count). The van der Waals surface area contributed by atoms with Crippen molar-refractivity contribution >= 4 is 40.4 Å². The minimum atomic E-state index is -1.30. The number of carboxylic acids is 2. The van der Waals surface area contributed by atoms with Crippen molar-refractivity contribution in [3.05, 3.63) is 63.9 Å². The van der Waals surface area contributed by atoms with E-state index in [1.54, 1.807) is 36.4 Å². The minimum absolute atomic E-state index is 0.0538. The van der Waals surface area contributed by atoms with E-state index in [0.717, 1.165) is 11.3 Å². The lowest BCUT2D eigenvalue weighted by Crippen LogP contribution is -2.41. The van der Waals surface area contributed by atoms with E-state index < -0.39 is 23.9 Å². The second-order valence-electron chi connectivity index (χ2n) is 7.50. The fraction of sp³-hybridized carbons (Fsp3) is 0.227. The van der Waals surface area contributed by atoms with E-state index in [2.05, 4.69) is 15.3 Å². The van der Waals surface area contributed by atoms with Gasteiger partial charge in [-0.15, -0.1) is 0 Å². The van der Waals surface area contributed by atoms with Gasteiger partial charge in [0.05, 0.1) is 10.9 Å². The highest BCUT2D eigenvalue weighted by molar-refractivity contribution is 5.97. The van der Waals surface area contributed by atoms with Gasteiger partial charge in [-0.1, -0.05) is 6.07 Å². The number of benzene rings is 2. The van der Waals surface area contributed by atoms with Crippen molar-refractivity contribution in [3.8, 4) is 0 Å². The standard InChI is InChI=1S/C22H23N5O6/c1-27(11-12-2-7-16-15(10-12)20(31)26-22(23)25-16)14-5-3-13(4-6-14)19(30)24-17(21(32)33)8-9-18(28)29/h2-7,10,17H,8-9,11H2,1H3,(H,24,30)(H,28,29)(H,32,33)(H3,23,25,26,31). The number of hydrogen-bond donors (Lipinski definition) is 5. The molecule has 0 saturated heterocycles. The molecule has 0 fully saturated rings. The van der Waals surface area contributed by atoms with E-state index >= 15 is 0 Å². The zero-order valence-corrected chi connectivity index (χ0v) is 17.7. The Balaban J connectivity index is 1.68. The van der Waals surface area contributed by atoms with Gasteiger partial charge in [-0.2, -0.15) is 0 Å². The van der Waals surface area contributed by atoms with Crippen LogP contribution in [0.1, 0.15) is 28.8 Å². The van der Waals surface area contributed by atoms with Gasteiger partial charge in [-0.3, -0.25) is 19.4 Å². The summed E-state index contributed by atoms with van der Waals surface area (Å²) in [5.74, 6) is -2.99. The van der Waals surface area contributed by atoms with Gasteiger partial charge in [0, 0.05) is 31.3 Å². The van der Waals surface area contributed by atoms with E-state index in [9.17, 15) is 24.3 Å². The summed E-state index contributed by atoms with van der Waals surface area (Å²) in [5, 5.41) is 20.7. The molecule has 0 saturated carbocycles. The Labute approximate surface area is 187 Å². The normalized spacial score (nSPS) is 11.7. The number of nitrogens with two attached hydrogens (primary N) is 1. The lowest BCUT2D eigenvalue weighted by molar-refractivity contribution is -0.140. The van der Waals surface area contributed by atoms with Crippen LogP contribution in [0.3, 0.4) is 0 Å². The third-order valence-corrected chi connectivity index (χ3v) is 5.03. The molecule has 11 heteroatoms. The van der Waals surface area contributed by atoms with Crippen molar-refractivity contribution in [2.45, 2.75) is 25.4 Å². The van der Waals surface area contributed by atoms with E-state index in [0.29, 0.717) is 17.4 Å². The van der Waals surface area contributed by atoms with Crippen LogP contribution < -0.4 is 21.5 Å². The third-order valence-electron chi connectivity index (χ3n) is 5.03. The maximum atomic E-state index is 12.4. The lowest BCUT2D eigenvalue weighted by atomic mass is 10.1. The van der Waals surface area contributed by atoms with Crippen LogP contribution in [0.25, 0.3) is 10.9 Å². The first-order valence-electron chi connectivity index (χ1n) is 9.99. The number of nitrogen functional groups attached to an aromatic ring is 1. The summed E-state index contributed by atoms with van der Waals surface area (Å²) in [6, 6.07) is 10.5. The number of rotatable bonds is 9. The summed E-state index contributed by atoms with van der Waals surface area (Å²) in [5.41, 5.74) is 7.65. The summed E-state index contributed by atoms with van der Waals surface area (Å²) in [7, 11) is 1.84. The van der Waals surface area contributed by atoms with Crippen molar-refractivity contribution < 1.29 is 24.6 Å². The summed E-state index contributed by atoms with van der Waals surface area (Å²) in [6.45, 7) is 0.474. The first-order valence-corrected chi connectivity index (χ1v) is 9.99. The third kappa shape index (κ3) is 5.85. The number of fused-ring (bicyclic) bond motifs is 1. The van der Waals surface area contributed by atoms with Crippen molar-refractivity contribution in [2.75, 3.05) is 17.7 Å². The number of carbonyl (C=O) groups is 3. The molecule has 1 amide bonds. The molecule has 0 spiro atoms. The Hall–Kier alpha value is -4.41. The predicted octanol–water partition coefficient (Wildman–Crippen LogP) is 1.19. The van der Waals surface area contributed by atoms with Crippen LogP contribution in [0.15, 0.2) is 47.3 Å². The lowest BCUT2D eigenvalue weighted by Gasteiger charge is -2.20. The predicted molar refractivity (Wildman–Crippen MR) is 121 cm³/mol. The van der Waals surface area contributed by atoms with Gasteiger partial charge in [-0.05, 0) is 48.4 Å². The number of aromatic nitrogens is 2. The number of aliphatic carboxylic acids is 2. The summed E-state index contributed by atoms with van der Waals surface area (Å²) in [4.78, 5) is 54.9. The minimum Gasteiger partial charge on any atom is -0.481 e. The highest BCUT2D eigenvalue weighted by Crippen LogP contribution is 2.18. The summed E-state index contributed by atoms with van der Waals surface area (Å²) >= 11 is 0. The largest absolute Gasteiger partial charge is 0.481 e. The first-order chi connectivity index (χ1) is 15.6. The number of amides is 1. The maximum absolute atomic E-state index is 12.4. The van der Waals surface area contributed by atoms with Gasteiger partial charge >= 0.3 is 11.9 Å². The SMILES string of the molecule is CN(Cc1ccc2nc(N)[nH]c(=O)c2c1)c1ccc(C(=O)NC(CCC(=O)O)C(=O)O)cc1. The van der Waals surface area contributed by atoms with Crippen molar-refractivity contribution in [1.29, 1.82) is 0 Å². The van der Waals surface area contributed by atoms with Gasteiger partial charge in [0.2, 0.25) is 5.95 Å². The van der Waals surface area contributed by atoms with Crippen LogP contribution in [0.2, 0.25) is 0 Å². The Bertz CT molecular complexity index is 1250. The number of anilines is 2. The van der Waals surface area contributed by atoms with Crippen LogP contribution >= 0.6 is 0 Å². The molecule has 0 radical (unpaired) electrons.